The fraction of sp³-hybridized carbons (Fsp3) is 0.500. The lowest BCUT2D eigenvalue weighted by atomic mass is 10.1. The molecule has 0 aliphatic heterocycles. The van der Waals surface area contributed by atoms with Gasteiger partial charge in [0.25, 0.3) is 0 Å². The van der Waals surface area contributed by atoms with E-state index in [0.717, 1.165) is 17.8 Å². The molecular weight excluding hydrogens is 318 g/mol. The highest BCUT2D eigenvalue weighted by molar-refractivity contribution is 5.25. The van der Waals surface area contributed by atoms with Crippen LogP contribution in [0, 0.1) is 6.92 Å². The number of rotatable bonds is 8. The summed E-state index contributed by atoms with van der Waals surface area (Å²) in [5, 5.41) is 0. The van der Waals surface area contributed by atoms with Gasteiger partial charge in [0.2, 0.25) is 0 Å². The predicted octanol–water partition coefficient (Wildman–Crippen LogP) is 6.75. The molecule has 1 aromatic rings. The first-order valence-corrected chi connectivity index (χ1v) is 9.88. The van der Waals surface area contributed by atoms with Crippen molar-refractivity contribution in [3.8, 4) is 0 Å². The molecule has 0 heterocycles. The van der Waals surface area contributed by atoms with E-state index in [0.29, 0.717) is 6.61 Å². The number of ether oxygens (including phenoxy) is 1. The standard InChI is InChI=1S/C12H21NO.C10H14.C2H6/c1-5-10(4)8-12(7-3)14-9-11(13)6-2;1-3-6-10-8-5-4-7-9(10)2;1-2/h5,7-8,11H,1,6,9,13H2,2-4H3;4-5,7-8H,3,6H2,1-2H3;1-2H3/b10-8-,12-7+;;. The highest BCUT2D eigenvalue weighted by atomic mass is 16.5. The van der Waals surface area contributed by atoms with Crippen LogP contribution in [-0.4, -0.2) is 12.6 Å². The highest BCUT2D eigenvalue weighted by Crippen LogP contribution is 2.08. The minimum absolute atomic E-state index is 0.113. The Morgan fingerprint density at radius 1 is 1.23 bits per heavy atom. The van der Waals surface area contributed by atoms with Gasteiger partial charge in [-0.2, -0.15) is 0 Å². The fourth-order valence-corrected chi connectivity index (χ4v) is 1.97. The second kappa shape index (κ2) is 18.0. The summed E-state index contributed by atoms with van der Waals surface area (Å²) < 4.78 is 5.53. The number of benzene rings is 1. The molecule has 0 saturated heterocycles. The zero-order valence-electron chi connectivity index (χ0n) is 18.1. The Kier molecular flexibility index (Phi) is 18.3. The van der Waals surface area contributed by atoms with Crippen LogP contribution >= 0.6 is 0 Å². The second-order valence-electron chi connectivity index (χ2n) is 5.94. The zero-order valence-corrected chi connectivity index (χ0v) is 18.1. The summed E-state index contributed by atoms with van der Waals surface area (Å²) in [5.41, 5.74) is 9.74. The smallest absolute Gasteiger partial charge is 0.115 e. The van der Waals surface area contributed by atoms with Gasteiger partial charge in [-0.3, -0.25) is 0 Å². The quantitative estimate of drug-likeness (QED) is 0.411. The molecule has 0 aromatic heterocycles. The van der Waals surface area contributed by atoms with Gasteiger partial charge in [-0.25, -0.2) is 0 Å². The first-order chi connectivity index (χ1) is 12.5. The van der Waals surface area contributed by atoms with Crippen molar-refractivity contribution in [3.05, 3.63) is 71.5 Å². The fourth-order valence-electron chi connectivity index (χ4n) is 1.97. The van der Waals surface area contributed by atoms with E-state index < -0.39 is 0 Å². The summed E-state index contributed by atoms with van der Waals surface area (Å²) in [6.07, 6.45) is 9.07. The lowest BCUT2D eigenvalue weighted by Crippen LogP contribution is -2.24. The Labute approximate surface area is 162 Å². The van der Waals surface area contributed by atoms with Gasteiger partial charge in [-0.15, -0.1) is 0 Å². The van der Waals surface area contributed by atoms with Crippen molar-refractivity contribution >= 4 is 0 Å². The molecule has 0 spiro atoms. The van der Waals surface area contributed by atoms with E-state index >= 15 is 0 Å². The molecule has 0 fully saturated rings. The van der Waals surface area contributed by atoms with Crippen molar-refractivity contribution in [2.45, 2.75) is 73.8 Å². The minimum Gasteiger partial charge on any atom is -0.492 e. The van der Waals surface area contributed by atoms with Crippen LogP contribution in [0.25, 0.3) is 0 Å². The van der Waals surface area contributed by atoms with Crippen LogP contribution in [-0.2, 0) is 11.2 Å². The van der Waals surface area contributed by atoms with E-state index in [4.69, 9.17) is 10.5 Å². The van der Waals surface area contributed by atoms with Crippen LogP contribution in [0.15, 0.2) is 60.4 Å². The summed E-state index contributed by atoms with van der Waals surface area (Å²) in [7, 11) is 0. The predicted molar refractivity (Wildman–Crippen MR) is 118 cm³/mol. The maximum absolute atomic E-state index is 5.75. The Balaban J connectivity index is 0. The number of nitrogens with two attached hydrogens (primary N) is 1. The number of hydrogen-bond acceptors (Lipinski definition) is 2. The highest BCUT2D eigenvalue weighted by Gasteiger charge is 2.00. The zero-order chi connectivity index (χ0) is 20.4. The SMILES string of the molecule is C=C/C(C)=C\C(=C/C)OCC(N)CC.CC.CCCc1ccccc1C. The van der Waals surface area contributed by atoms with Gasteiger partial charge in [0.15, 0.2) is 0 Å². The average Bonchev–Trinajstić information content (AvgIpc) is 2.68. The van der Waals surface area contributed by atoms with Crippen molar-refractivity contribution in [2.75, 3.05) is 6.61 Å². The second-order valence-corrected chi connectivity index (χ2v) is 5.94. The molecule has 1 atom stereocenters. The number of allylic oxidation sites excluding steroid dienone is 4. The summed E-state index contributed by atoms with van der Waals surface area (Å²) in [6, 6.07) is 8.69. The molecule has 0 saturated carbocycles. The summed E-state index contributed by atoms with van der Waals surface area (Å²) in [6.45, 7) is 18.6. The Morgan fingerprint density at radius 2 is 1.85 bits per heavy atom. The molecule has 2 heteroatoms. The van der Waals surface area contributed by atoms with E-state index in [2.05, 4.69) is 44.7 Å². The molecule has 0 bridgehead atoms. The largest absolute Gasteiger partial charge is 0.492 e. The van der Waals surface area contributed by atoms with Crippen LogP contribution in [0.4, 0.5) is 0 Å². The third-order valence-electron chi connectivity index (χ3n) is 3.75. The normalized spacial score (nSPS) is 12.2. The van der Waals surface area contributed by atoms with Gasteiger partial charge in [-0.05, 0) is 62.5 Å². The minimum atomic E-state index is 0.113. The van der Waals surface area contributed by atoms with Crippen molar-refractivity contribution in [1.29, 1.82) is 0 Å². The summed E-state index contributed by atoms with van der Waals surface area (Å²) in [5.74, 6) is 0.853. The van der Waals surface area contributed by atoms with Gasteiger partial charge in [-0.1, -0.05) is 71.0 Å². The topological polar surface area (TPSA) is 35.2 Å². The number of hydrogen-bond donors (Lipinski definition) is 1. The van der Waals surface area contributed by atoms with Gasteiger partial charge >= 0.3 is 0 Å². The average molecular weight is 360 g/mol. The molecule has 0 aliphatic rings. The van der Waals surface area contributed by atoms with Crippen LogP contribution < -0.4 is 5.73 Å². The maximum Gasteiger partial charge on any atom is 0.115 e. The Hall–Kier alpha value is -1.80. The molecule has 0 radical (unpaired) electrons. The first-order valence-electron chi connectivity index (χ1n) is 9.88. The molecule has 148 valence electrons. The third kappa shape index (κ3) is 13.5. The Morgan fingerprint density at radius 3 is 2.31 bits per heavy atom. The molecule has 0 amide bonds. The van der Waals surface area contributed by atoms with Crippen LogP contribution in [0.3, 0.4) is 0 Å². The molecule has 2 N–H and O–H groups in total. The summed E-state index contributed by atoms with van der Waals surface area (Å²) in [4.78, 5) is 0. The van der Waals surface area contributed by atoms with Crippen LogP contribution in [0.2, 0.25) is 0 Å². The first kappa shape index (κ1) is 26.4. The van der Waals surface area contributed by atoms with Gasteiger partial charge in [0, 0.05) is 6.04 Å². The molecule has 1 unspecified atom stereocenters. The third-order valence-corrected chi connectivity index (χ3v) is 3.75. The molecule has 0 aliphatic carbocycles. The Bertz CT molecular complexity index is 529. The van der Waals surface area contributed by atoms with Gasteiger partial charge in [0.1, 0.15) is 12.4 Å². The van der Waals surface area contributed by atoms with Gasteiger partial charge in [0.05, 0.1) is 0 Å². The molecule has 26 heavy (non-hydrogen) atoms. The van der Waals surface area contributed by atoms with Crippen molar-refractivity contribution in [2.24, 2.45) is 5.73 Å². The van der Waals surface area contributed by atoms with E-state index in [1.807, 2.05) is 46.8 Å². The molecule has 1 rings (SSSR count). The van der Waals surface area contributed by atoms with E-state index in [1.165, 1.54) is 24.0 Å². The monoisotopic (exact) mass is 359 g/mol. The van der Waals surface area contributed by atoms with Crippen LogP contribution in [0.5, 0.6) is 0 Å². The number of aryl methyl sites for hydroxylation is 2. The van der Waals surface area contributed by atoms with E-state index in [9.17, 15) is 0 Å². The lowest BCUT2D eigenvalue weighted by Gasteiger charge is -2.11. The van der Waals surface area contributed by atoms with E-state index in [-0.39, 0.29) is 6.04 Å². The van der Waals surface area contributed by atoms with Crippen molar-refractivity contribution < 1.29 is 4.74 Å². The van der Waals surface area contributed by atoms with Crippen LogP contribution in [0.1, 0.15) is 65.5 Å². The molecular formula is C24H41NO. The van der Waals surface area contributed by atoms with E-state index in [1.54, 1.807) is 6.08 Å². The van der Waals surface area contributed by atoms with Crippen molar-refractivity contribution in [3.63, 3.8) is 0 Å². The van der Waals surface area contributed by atoms with Crippen molar-refractivity contribution in [1.82, 2.24) is 0 Å². The maximum atomic E-state index is 5.75. The molecule has 1 aromatic carbocycles. The van der Waals surface area contributed by atoms with Gasteiger partial charge < -0.3 is 10.5 Å². The lowest BCUT2D eigenvalue weighted by molar-refractivity contribution is 0.202. The summed E-state index contributed by atoms with van der Waals surface area (Å²) >= 11 is 0. The molecule has 2 nitrogen and oxygen atoms in total.